The van der Waals surface area contributed by atoms with E-state index in [1.54, 1.807) is 11.8 Å². The zero-order valence-corrected chi connectivity index (χ0v) is 16.8. The second-order valence-electron chi connectivity index (χ2n) is 7.23. The Kier molecular flexibility index (Phi) is 6.00. The average Bonchev–Trinajstić information content (AvgIpc) is 3.33. The van der Waals surface area contributed by atoms with Gasteiger partial charge in [0.05, 0.1) is 22.9 Å². The van der Waals surface area contributed by atoms with E-state index in [9.17, 15) is 4.79 Å². The van der Waals surface area contributed by atoms with Crippen LogP contribution in [0, 0.1) is 0 Å². The number of thioether (sulfide) groups is 1. The summed E-state index contributed by atoms with van der Waals surface area (Å²) >= 11 is 1.55. The third-order valence-electron chi connectivity index (χ3n) is 5.47. The molecule has 146 valence electrons. The highest BCUT2D eigenvalue weighted by Gasteiger charge is 2.25. The number of carbonyl (C=O) groups is 1. The second-order valence-corrected chi connectivity index (χ2v) is 8.17. The Bertz CT molecular complexity index is 779. The normalized spacial score (nSPS) is 21.2. The molecule has 7 heteroatoms. The fourth-order valence-electron chi connectivity index (χ4n) is 3.94. The van der Waals surface area contributed by atoms with E-state index in [1.807, 2.05) is 23.1 Å². The molecule has 2 aliphatic heterocycles. The summed E-state index contributed by atoms with van der Waals surface area (Å²) in [7, 11) is 0. The summed E-state index contributed by atoms with van der Waals surface area (Å²) < 4.78 is 7.92. The number of aryl methyl sites for hydroxylation is 1. The van der Waals surface area contributed by atoms with Gasteiger partial charge in [0.1, 0.15) is 0 Å². The number of amides is 1. The molecule has 1 aromatic carbocycles. The molecule has 2 aromatic rings. The van der Waals surface area contributed by atoms with E-state index in [1.165, 1.54) is 12.8 Å². The summed E-state index contributed by atoms with van der Waals surface area (Å²) in [5, 5.41) is 0.934. The first-order valence-corrected chi connectivity index (χ1v) is 10.9. The van der Waals surface area contributed by atoms with Crippen LogP contribution in [0.2, 0.25) is 0 Å². The first-order valence-electron chi connectivity index (χ1n) is 9.94. The molecule has 1 aromatic heterocycles. The van der Waals surface area contributed by atoms with E-state index in [4.69, 9.17) is 9.72 Å². The summed E-state index contributed by atoms with van der Waals surface area (Å²) in [6, 6.07) is 8.16. The smallest absolute Gasteiger partial charge is 0.233 e. The molecular weight excluding hydrogens is 360 g/mol. The van der Waals surface area contributed by atoms with Crippen molar-refractivity contribution in [3.05, 3.63) is 24.3 Å². The van der Waals surface area contributed by atoms with Crippen molar-refractivity contribution in [3.8, 4) is 0 Å². The SMILES string of the molecule is CCn1c(SCC(=O)N2CCN(CC3CCCO3)CC2)nc2ccccc21. The largest absolute Gasteiger partial charge is 0.377 e. The van der Waals surface area contributed by atoms with E-state index in [2.05, 4.69) is 22.5 Å². The molecule has 1 unspecified atom stereocenters. The van der Waals surface area contributed by atoms with E-state index in [0.29, 0.717) is 11.9 Å². The maximum atomic E-state index is 12.7. The van der Waals surface area contributed by atoms with Crippen LogP contribution in [-0.4, -0.2) is 76.4 Å². The minimum atomic E-state index is 0.214. The number of fused-ring (bicyclic) bond motifs is 1. The van der Waals surface area contributed by atoms with Crippen molar-refractivity contribution >= 4 is 28.7 Å². The molecule has 4 rings (SSSR count). The van der Waals surface area contributed by atoms with Gasteiger partial charge in [0.15, 0.2) is 5.16 Å². The third-order valence-corrected chi connectivity index (χ3v) is 6.43. The number of hydrogen-bond donors (Lipinski definition) is 0. The van der Waals surface area contributed by atoms with Crippen LogP contribution in [0.4, 0.5) is 0 Å². The van der Waals surface area contributed by atoms with Crippen molar-refractivity contribution in [1.82, 2.24) is 19.4 Å². The van der Waals surface area contributed by atoms with Crippen molar-refractivity contribution in [3.63, 3.8) is 0 Å². The van der Waals surface area contributed by atoms with Crippen molar-refractivity contribution in [2.24, 2.45) is 0 Å². The number of ether oxygens (including phenoxy) is 1. The van der Waals surface area contributed by atoms with Crippen LogP contribution in [-0.2, 0) is 16.1 Å². The molecule has 27 heavy (non-hydrogen) atoms. The standard InChI is InChI=1S/C20H28N4O2S/c1-2-24-18-8-4-3-7-17(18)21-20(24)27-15-19(25)23-11-9-22(10-12-23)14-16-6-5-13-26-16/h3-4,7-8,16H,2,5-6,9-15H2,1H3. The van der Waals surface area contributed by atoms with Crippen LogP contribution < -0.4 is 0 Å². The Morgan fingerprint density at radius 2 is 2.07 bits per heavy atom. The van der Waals surface area contributed by atoms with E-state index in [0.717, 1.165) is 62.1 Å². The molecule has 1 amide bonds. The van der Waals surface area contributed by atoms with E-state index in [-0.39, 0.29) is 5.91 Å². The third kappa shape index (κ3) is 4.31. The lowest BCUT2D eigenvalue weighted by Crippen LogP contribution is -2.50. The lowest BCUT2D eigenvalue weighted by Gasteiger charge is -2.35. The predicted molar refractivity (Wildman–Crippen MR) is 108 cm³/mol. The van der Waals surface area contributed by atoms with Gasteiger partial charge in [0, 0.05) is 45.9 Å². The van der Waals surface area contributed by atoms with Crippen LogP contribution in [0.5, 0.6) is 0 Å². The fourth-order valence-corrected chi connectivity index (χ4v) is 4.92. The zero-order chi connectivity index (χ0) is 18.6. The lowest BCUT2D eigenvalue weighted by molar-refractivity contribution is -0.130. The summed E-state index contributed by atoms with van der Waals surface area (Å²) in [4.78, 5) is 21.8. The van der Waals surface area contributed by atoms with Gasteiger partial charge in [-0.3, -0.25) is 9.69 Å². The number of rotatable bonds is 6. The van der Waals surface area contributed by atoms with Crippen molar-refractivity contribution in [2.75, 3.05) is 45.1 Å². The molecule has 6 nitrogen and oxygen atoms in total. The van der Waals surface area contributed by atoms with E-state index >= 15 is 0 Å². The van der Waals surface area contributed by atoms with Gasteiger partial charge in [-0.05, 0) is 31.9 Å². The molecule has 0 saturated carbocycles. The molecule has 0 radical (unpaired) electrons. The number of piperazine rings is 1. The molecule has 0 spiro atoms. The summed E-state index contributed by atoms with van der Waals surface area (Å²) in [5.41, 5.74) is 2.13. The average molecular weight is 389 g/mol. The molecule has 2 fully saturated rings. The van der Waals surface area contributed by atoms with Crippen molar-refractivity contribution in [1.29, 1.82) is 0 Å². The number of hydrogen-bond acceptors (Lipinski definition) is 5. The minimum Gasteiger partial charge on any atom is -0.377 e. The molecule has 2 saturated heterocycles. The van der Waals surface area contributed by atoms with E-state index < -0.39 is 0 Å². The van der Waals surface area contributed by atoms with Gasteiger partial charge in [0.25, 0.3) is 0 Å². The van der Waals surface area contributed by atoms with Crippen molar-refractivity contribution < 1.29 is 9.53 Å². The van der Waals surface area contributed by atoms with Gasteiger partial charge >= 0.3 is 0 Å². The van der Waals surface area contributed by atoms with Gasteiger partial charge in [0.2, 0.25) is 5.91 Å². The summed E-state index contributed by atoms with van der Waals surface area (Å²) in [6.45, 7) is 8.42. The number of benzene rings is 1. The molecule has 0 aliphatic carbocycles. The van der Waals surface area contributed by atoms with Crippen LogP contribution in [0.25, 0.3) is 11.0 Å². The van der Waals surface area contributed by atoms with Crippen LogP contribution in [0.1, 0.15) is 19.8 Å². The predicted octanol–water partition coefficient (Wildman–Crippen LogP) is 2.47. The molecular formula is C20H28N4O2S. The maximum Gasteiger partial charge on any atom is 0.233 e. The fraction of sp³-hybridized carbons (Fsp3) is 0.600. The Labute approximate surface area is 164 Å². The maximum absolute atomic E-state index is 12.7. The first kappa shape index (κ1) is 18.8. The van der Waals surface area contributed by atoms with Crippen LogP contribution in [0.3, 0.4) is 0 Å². The number of para-hydroxylation sites is 2. The first-order chi connectivity index (χ1) is 13.2. The number of imidazole rings is 1. The number of nitrogens with zero attached hydrogens (tertiary/aromatic N) is 4. The lowest BCUT2D eigenvalue weighted by atomic mass is 10.2. The Balaban J connectivity index is 1.29. The van der Waals surface area contributed by atoms with Gasteiger partial charge in [-0.15, -0.1) is 0 Å². The molecule has 2 aliphatic rings. The van der Waals surface area contributed by atoms with Crippen LogP contribution >= 0.6 is 11.8 Å². The Morgan fingerprint density at radius 3 is 2.81 bits per heavy atom. The highest BCUT2D eigenvalue weighted by Crippen LogP contribution is 2.24. The topological polar surface area (TPSA) is 50.6 Å². The van der Waals surface area contributed by atoms with Gasteiger partial charge < -0.3 is 14.2 Å². The van der Waals surface area contributed by atoms with Gasteiger partial charge in [-0.25, -0.2) is 4.98 Å². The Hall–Kier alpha value is -1.57. The zero-order valence-electron chi connectivity index (χ0n) is 16.0. The summed E-state index contributed by atoms with van der Waals surface area (Å²) in [6.07, 6.45) is 2.75. The highest BCUT2D eigenvalue weighted by atomic mass is 32.2. The second kappa shape index (κ2) is 8.63. The van der Waals surface area contributed by atoms with Gasteiger partial charge in [-0.1, -0.05) is 23.9 Å². The monoisotopic (exact) mass is 388 g/mol. The molecule has 0 bridgehead atoms. The number of aromatic nitrogens is 2. The molecule has 1 atom stereocenters. The van der Waals surface area contributed by atoms with Crippen LogP contribution in [0.15, 0.2) is 29.4 Å². The summed E-state index contributed by atoms with van der Waals surface area (Å²) in [5.74, 6) is 0.668. The van der Waals surface area contributed by atoms with Gasteiger partial charge in [-0.2, -0.15) is 0 Å². The van der Waals surface area contributed by atoms with Crippen molar-refractivity contribution in [2.45, 2.75) is 37.6 Å². The molecule has 3 heterocycles. The minimum absolute atomic E-state index is 0.214. The Morgan fingerprint density at radius 1 is 1.26 bits per heavy atom. The number of carbonyl (C=O) groups excluding carboxylic acids is 1. The highest BCUT2D eigenvalue weighted by molar-refractivity contribution is 7.99. The molecule has 0 N–H and O–H groups in total. The quantitative estimate of drug-likeness (QED) is 0.712.